The molecule has 0 fully saturated rings. The van der Waals surface area contributed by atoms with Gasteiger partial charge in [0.25, 0.3) is 0 Å². The molecule has 0 spiro atoms. The average Bonchev–Trinajstić information content (AvgIpc) is 2.53. The molecule has 8 nitrogen and oxygen atoms in total. The predicted octanol–water partition coefficient (Wildman–Crippen LogP) is 0.384. The van der Waals surface area contributed by atoms with Gasteiger partial charge < -0.3 is 26.6 Å². The molecule has 0 aliphatic rings. The second-order valence-corrected chi connectivity index (χ2v) is 9.79. The summed E-state index contributed by atoms with van der Waals surface area (Å²) < 4.78 is 34.9. The number of nitrogens with one attached hydrogen (secondary N) is 1. The Kier molecular flexibility index (Phi) is 10.0. The Morgan fingerprint density at radius 3 is 1.57 bits per heavy atom. The van der Waals surface area contributed by atoms with Crippen molar-refractivity contribution < 1.29 is 26.6 Å². The summed E-state index contributed by atoms with van der Waals surface area (Å²) in [5, 5.41) is 0. The fraction of sp³-hybridized carbons (Fsp3) is 1.00. The van der Waals surface area contributed by atoms with E-state index in [2.05, 4.69) is 11.9 Å². The van der Waals surface area contributed by atoms with E-state index in [-0.39, 0.29) is 6.17 Å². The van der Waals surface area contributed by atoms with Gasteiger partial charge in [-0.15, -0.1) is 0 Å². The van der Waals surface area contributed by atoms with Crippen LogP contribution in [0.1, 0.15) is 20.3 Å². The highest BCUT2D eigenvalue weighted by atomic mass is 28.4. The first-order chi connectivity index (χ1) is 9.94. The minimum Gasteiger partial charge on any atom is -0.364 e. The monoisotopic (exact) mass is 342 g/mol. The molecule has 0 aromatic heterocycles. The lowest BCUT2D eigenvalue weighted by Gasteiger charge is -2.41. The third-order valence-corrected chi connectivity index (χ3v) is 8.50. The Morgan fingerprint density at radius 2 is 1.29 bits per heavy atom. The number of hydrogen-bond donors (Lipinski definition) is 1. The Balaban J connectivity index is 5.27. The molecule has 0 saturated carbocycles. The molecule has 0 heterocycles. The summed E-state index contributed by atoms with van der Waals surface area (Å²) in [4.78, 5) is 3.27. The number of nitrogens with zero attached hydrogens (tertiary/aromatic N) is 1. The summed E-state index contributed by atoms with van der Waals surface area (Å²) in [6.07, 6.45) is 0.737. The largest absolute Gasteiger partial charge is 0.600 e. The zero-order chi connectivity index (χ0) is 16.5. The molecule has 0 aromatic carbocycles. The van der Waals surface area contributed by atoms with Crippen molar-refractivity contribution in [2.24, 2.45) is 0 Å². The maximum atomic E-state index is 5.56. The maximum absolute atomic E-state index is 5.56. The fourth-order valence-electron chi connectivity index (χ4n) is 2.17. The second-order valence-electron chi connectivity index (χ2n) is 4.32. The van der Waals surface area contributed by atoms with E-state index in [4.69, 9.17) is 26.6 Å². The van der Waals surface area contributed by atoms with E-state index in [0.717, 1.165) is 13.0 Å². The number of rotatable bonds is 12. The molecule has 0 amide bonds. The van der Waals surface area contributed by atoms with Gasteiger partial charge in [0.15, 0.2) is 0 Å². The van der Waals surface area contributed by atoms with E-state index in [1.165, 1.54) is 0 Å². The van der Waals surface area contributed by atoms with Crippen LogP contribution >= 0.6 is 0 Å². The normalized spacial score (nSPS) is 14.7. The molecule has 0 aromatic rings. The zero-order valence-corrected chi connectivity index (χ0v) is 16.4. The predicted molar refractivity (Wildman–Crippen MR) is 83.2 cm³/mol. The van der Waals surface area contributed by atoms with Gasteiger partial charge in [-0.3, -0.25) is 4.98 Å². The molecule has 0 bridgehead atoms. The number of hydrogen-bond acceptors (Lipinski definition) is 8. The molecular weight excluding hydrogens is 312 g/mol. The minimum absolute atomic E-state index is 0.178. The van der Waals surface area contributed by atoms with Gasteiger partial charge in [0.1, 0.15) is 0 Å². The van der Waals surface area contributed by atoms with Crippen molar-refractivity contribution in [3.8, 4) is 0 Å². The van der Waals surface area contributed by atoms with Crippen LogP contribution in [-0.2, 0) is 26.6 Å². The lowest BCUT2D eigenvalue weighted by molar-refractivity contribution is 0.0316. The first kappa shape index (κ1) is 21.1. The van der Waals surface area contributed by atoms with Crippen molar-refractivity contribution in [3.63, 3.8) is 0 Å². The van der Waals surface area contributed by atoms with Crippen LogP contribution in [0.5, 0.6) is 0 Å². The lowest BCUT2D eigenvalue weighted by Crippen LogP contribution is -2.70. The van der Waals surface area contributed by atoms with Gasteiger partial charge in [-0.1, -0.05) is 6.92 Å². The van der Waals surface area contributed by atoms with Gasteiger partial charge in [0.05, 0.1) is 6.17 Å². The highest BCUT2D eigenvalue weighted by Crippen LogP contribution is 2.18. The van der Waals surface area contributed by atoms with E-state index >= 15 is 0 Å². The highest BCUT2D eigenvalue weighted by molar-refractivity contribution is 6.59. The smallest absolute Gasteiger partial charge is 0.364 e. The molecule has 0 radical (unpaired) electrons. The van der Waals surface area contributed by atoms with Crippen LogP contribution in [0, 0.1) is 0 Å². The van der Waals surface area contributed by atoms with Crippen LogP contribution in [0.3, 0.4) is 0 Å². The van der Waals surface area contributed by atoms with Gasteiger partial charge in [0.2, 0.25) is 0 Å². The summed E-state index contributed by atoms with van der Waals surface area (Å²) >= 11 is 0. The maximum Gasteiger partial charge on any atom is 0.600 e. The van der Waals surface area contributed by atoms with Gasteiger partial charge >= 0.3 is 17.9 Å². The molecule has 1 atom stereocenters. The fourth-order valence-corrected chi connectivity index (χ4v) is 6.06. The van der Waals surface area contributed by atoms with Crippen molar-refractivity contribution >= 4 is 17.9 Å². The molecule has 0 aliphatic heterocycles. The van der Waals surface area contributed by atoms with Gasteiger partial charge in [-0.05, 0) is 19.9 Å². The SMILES string of the molecule is CCCN(C(C)N[Si](OC)(OC)OC)[Si](OC)(OC)OC. The van der Waals surface area contributed by atoms with Crippen molar-refractivity contribution in [1.82, 2.24) is 9.55 Å². The standard InChI is InChI=1S/C11H30N2O6Si2/c1-9-10-13(21(17-6,18-7)19-8)11(2)12-20(14-3,15-4)16-5/h11-12H,9-10H2,1-8H3. The van der Waals surface area contributed by atoms with Crippen molar-refractivity contribution in [2.45, 2.75) is 26.4 Å². The molecule has 0 aliphatic carbocycles. The molecule has 10 heteroatoms. The minimum atomic E-state index is -2.94. The summed E-state index contributed by atoms with van der Waals surface area (Å²) in [6, 6.07) is 0. The summed E-state index contributed by atoms with van der Waals surface area (Å²) in [5.41, 5.74) is 0. The Labute approximate surface area is 130 Å². The summed E-state index contributed by atoms with van der Waals surface area (Å²) in [7, 11) is 3.55. The van der Waals surface area contributed by atoms with Crippen LogP contribution in [0.2, 0.25) is 0 Å². The van der Waals surface area contributed by atoms with Crippen molar-refractivity contribution in [1.29, 1.82) is 0 Å². The average molecular weight is 343 g/mol. The lowest BCUT2D eigenvalue weighted by atomic mass is 10.4. The molecule has 128 valence electrons. The van der Waals surface area contributed by atoms with Crippen LogP contribution < -0.4 is 4.98 Å². The Bertz CT molecular complexity index is 263. The molecule has 0 saturated heterocycles. The van der Waals surface area contributed by atoms with Crippen LogP contribution in [0.15, 0.2) is 0 Å². The van der Waals surface area contributed by atoms with E-state index in [9.17, 15) is 0 Å². The van der Waals surface area contributed by atoms with E-state index in [1.807, 2.05) is 11.5 Å². The van der Waals surface area contributed by atoms with Crippen molar-refractivity contribution in [3.05, 3.63) is 0 Å². The Hall–Kier alpha value is 0.114. The topological polar surface area (TPSA) is 70.7 Å². The van der Waals surface area contributed by atoms with Gasteiger partial charge in [0, 0.05) is 42.7 Å². The Morgan fingerprint density at radius 1 is 0.857 bits per heavy atom. The van der Waals surface area contributed by atoms with Crippen LogP contribution in [-0.4, -0.2) is 77.9 Å². The first-order valence-corrected chi connectivity index (χ1v) is 10.2. The van der Waals surface area contributed by atoms with Gasteiger partial charge in [-0.2, -0.15) is 0 Å². The molecule has 1 unspecified atom stereocenters. The molecule has 21 heavy (non-hydrogen) atoms. The highest BCUT2D eigenvalue weighted by Gasteiger charge is 2.51. The van der Waals surface area contributed by atoms with Gasteiger partial charge in [-0.25, -0.2) is 4.57 Å². The van der Waals surface area contributed by atoms with E-state index < -0.39 is 17.9 Å². The third kappa shape index (κ3) is 5.06. The van der Waals surface area contributed by atoms with Crippen LogP contribution in [0.25, 0.3) is 0 Å². The second kappa shape index (κ2) is 10.00. The first-order valence-electron chi connectivity index (χ1n) is 6.80. The zero-order valence-electron chi connectivity index (χ0n) is 14.4. The molecule has 1 N–H and O–H groups in total. The summed E-state index contributed by atoms with van der Waals surface area (Å²) in [5.74, 6) is 0. The third-order valence-electron chi connectivity index (χ3n) is 3.25. The molecular formula is C11H30N2O6Si2. The molecule has 0 rings (SSSR count). The van der Waals surface area contributed by atoms with E-state index in [0.29, 0.717) is 0 Å². The quantitative estimate of drug-likeness (QED) is 0.403. The van der Waals surface area contributed by atoms with E-state index in [1.54, 1.807) is 42.7 Å². The summed E-state index contributed by atoms with van der Waals surface area (Å²) in [6.45, 7) is 4.78. The van der Waals surface area contributed by atoms with Crippen LogP contribution in [0.4, 0.5) is 0 Å². The van der Waals surface area contributed by atoms with Crippen molar-refractivity contribution in [2.75, 3.05) is 49.2 Å².